The molecule has 1 saturated carbocycles. The summed E-state index contributed by atoms with van der Waals surface area (Å²) < 4.78 is 0. The average molecular weight is 291 g/mol. The molecule has 21 heavy (non-hydrogen) atoms. The number of rotatable bonds is 6. The molecule has 114 valence electrons. The van der Waals surface area contributed by atoms with Gasteiger partial charge in [0.15, 0.2) is 0 Å². The third-order valence-electron chi connectivity index (χ3n) is 4.12. The van der Waals surface area contributed by atoms with Crippen LogP contribution >= 0.6 is 0 Å². The van der Waals surface area contributed by atoms with Crippen molar-refractivity contribution >= 4 is 12.0 Å². The average Bonchev–Trinajstić information content (AvgIpc) is 2.42. The Kier molecular flexibility index (Phi) is 4.77. The third-order valence-corrected chi connectivity index (χ3v) is 4.12. The molecule has 2 rings (SSSR count). The SMILES string of the molecule is CC(NC(=O)NCC1(CC(=O)O)CCC1)c1ccncc1. The van der Waals surface area contributed by atoms with Crippen molar-refractivity contribution in [3.8, 4) is 0 Å². The molecule has 1 fully saturated rings. The first-order valence-electron chi connectivity index (χ1n) is 7.17. The van der Waals surface area contributed by atoms with Gasteiger partial charge in [-0.15, -0.1) is 0 Å². The van der Waals surface area contributed by atoms with Gasteiger partial charge in [-0.05, 0) is 42.9 Å². The van der Waals surface area contributed by atoms with Crippen molar-refractivity contribution in [3.05, 3.63) is 30.1 Å². The van der Waals surface area contributed by atoms with Gasteiger partial charge in [0, 0.05) is 18.9 Å². The van der Waals surface area contributed by atoms with Gasteiger partial charge in [-0.1, -0.05) is 6.42 Å². The molecule has 1 atom stereocenters. The van der Waals surface area contributed by atoms with Crippen LogP contribution in [-0.4, -0.2) is 28.6 Å². The van der Waals surface area contributed by atoms with Gasteiger partial charge in [-0.3, -0.25) is 9.78 Å². The highest BCUT2D eigenvalue weighted by atomic mass is 16.4. The highest BCUT2D eigenvalue weighted by Crippen LogP contribution is 2.43. The number of aromatic nitrogens is 1. The van der Waals surface area contributed by atoms with E-state index in [1.54, 1.807) is 12.4 Å². The van der Waals surface area contributed by atoms with Crippen LogP contribution in [0, 0.1) is 5.41 Å². The minimum Gasteiger partial charge on any atom is -0.481 e. The summed E-state index contributed by atoms with van der Waals surface area (Å²) in [4.78, 5) is 26.7. The summed E-state index contributed by atoms with van der Waals surface area (Å²) in [5.41, 5.74) is 0.715. The molecule has 0 aromatic carbocycles. The van der Waals surface area contributed by atoms with E-state index in [9.17, 15) is 9.59 Å². The standard InChI is InChI=1S/C15H21N3O3/c1-11(12-3-7-16-8-4-12)18-14(21)17-10-15(5-2-6-15)9-13(19)20/h3-4,7-8,11H,2,5-6,9-10H2,1H3,(H,19,20)(H2,17,18,21). The number of hydrogen-bond acceptors (Lipinski definition) is 3. The summed E-state index contributed by atoms with van der Waals surface area (Å²) in [6.45, 7) is 2.31. The number of aliphatic carboxylic acids is 1. The quantitative estimate of drug-likeness (QED) is 0.748. The molecule has 1 heterocycles. The Labute approximate surface area is 124 Å². The molecule has 1 aliphatic carbocycles. The number of urea groups is 1. The van der Waals surface area contributed by atoms with Crippen LogP contribution in [0.15, 0.2) is 24.5 Å². The Hall–Kier alpha value is -2.11. The summed E-state index contributed by atoms with van der Waals surface area (Å²) in [5, 5.41) is 14.6. The van der Waals surface area contributed by atoms with E-state index in [2.05, 4.69) is 15.6 Å². The zero-order valence-electron chi connectivity index (χ0n) is 12.1. The Balaban J connectivity index is 1.81. The predicted molar refractivity (Wildman–Crippen MR) is 77.7 cm³/mol. The summed E-state index contributed by atoms with van der Waals surface area (Å²) >= 11 is 0. The van der Waals surface area contributed by atoms with Gasteiger partial charge in [0.2, 0.25) is 0 Å². The van der Waals surface area contributed by atoms with E-state index in [-0.39, 0.29) is 23.9 Å². The van der Waals surface area contributed by atoms with Gasteiger partial charge in [-0.2, -0.15) is 0 Å². The Morgan fingerprint density at radius 1 is 1.38 bits per heavy atom. The number of nitrogens with zero attached hydrogens (tertiary/aromatic N) is 1. The minimum absolute atomic E-state index is 0.118. The van der Waals surface area contributed by atoms with Crippen molar-refractivity contribution in [2.45, 2.75) is 38.6 Å². The van der Waals surface area contributed by atoms with Gasteiger partial charge < -0.3 is 15.7 Å². The van der Waals surface area contributed by atoms with Crippen LogP contribution in [0.4, 0.5) is 4.79 Å². The molecular weight excluding hydrogens is 270 g/mol. The minimum atomic E-state index is -0.804. The molecule has 6 heteroatoms. The predicted octanol–water partition coefficient (Wildman–Crippen LogP) is 2.09. The fourth-order valence-corrected chi connectivity index (χ4v) is 2.66. The molecule has 0 bridgehead atoms. The van der Waals surface area contributed by atoms with E-state index < -0.39 is 5.97 Å². The van der Waals surface area contributed by atoms with Crippen LogP contribution < -0.4 is 10.6 Å². The molecule has 0 aliphatic heterocycles. The summed E-state index contributed by atoms with van der Waals surface area (Å²) in [6.07, 6.45) is 6.24. The maximum absolute atomic E-state index is 11.9. The van der Waals surface area contributed by atoms with Crippen molar-refractivity contribution in [1.29, 1.82) is 0 Å². The number of amides is 2. The molecular formula is C15H21N3O3. The van der Waals surface area contributed by atoms with Crippen molar-refractivity contribution in [1.82, 2.24) is 15.6 Å². The van der Waals surface area contributed by atoms with Crippen molar-refractivity contribution in [2.75, 3.05) is 6.54 Å². The van der Waals surface area contributed by atoms with E-state index >= 15 is 0 Å². The maximum Gasteiger partial charge on any atom is 0.315 e. The fourth-order valence-electron chi connectivity index (χ4n) is 2.66. The second kappa shape index (κ2) is 6.56. The second-order valence-corrected chi connectivity index (χ2v) is 5.75. The second-order valence-electron chi connectivity index (χ2n) is 5.75. The molecule has 0 radical (unpaired) electrons. The van der Waals surface area contributed by atoms with Gasteiger partial charge in [0.25, 0.3) is 0 Å². The lowest BCUT2D eigenvalue weighted by Gasteiger charge is -2.40. The normalized spacial score (nSPS) is 17.4. The van der Waals surface area contributed by atoms with Crippen LogP contribution in [0.3, 0.4) is 0 Å². The Morgan fingerprint density at radius 2 is 2.05 bits per heavy atom. The van der Waals surface area contributed by atoms with E-state index in [1.165, 1.54) is 0 Å². The van der Waals surface area contributed by atoms with Gasteiger partial charge in [0.1, 0.15) is 0 Å². The third kappa shape index (κ3) is 4.18. The first kappa shape index (κ1) is 15.3. The molecule has 1 unspecified atom stereocenters. The number of pyridine rings is 1. The maximum atomic E-state index is 11.9. The Bertz CT molecular complexity index is 500. The molecule has 1 aliphatic rings. The summed E-state index contributed by atoms with van der Waals surface area (Å²) in [6, 6.07) is 3.31. The van der Waals surface area contributed by atoms with Crippen LogP contribution in [0.2, 0.25) is 0 Å². The van der Waals surface area contributed by atoms with Crippen molar-refractivity contribution in [3.63, 3.8) is 0 Å². The van der Waals surface area contributed by atoms with E-state index in [4.69, 9.17) is 5.11 Å². The molecule has 3 N–H and O–H groups in total. The summed E-state index contributed by atoms with van der Waals surface area (Å²) in [7, 11) is 0. The highest BCUT2D eigenvalue weighted by molar-refractivity contribution is 5.74. The lowest BCUT2D eigenvalue weighted by atomic mass is 9.66. The van der Waals surface area contributed by atoms with Gasteiger partial charge in [0.05, 0.1) is 12.5 Å². The number of carboxylic acids is 1. The Morgan fingerprint density at radius 3 is 2.57 bits per heavy atom. The number of hydrogen-bond donors (Lipinski definition) is 3. The van der Waals surface area contributed by atoms with E-state index in [1.807, 2.05) is 19.1 Å². The van der Waals surface area contributed by atoms with Crippen LogP contribution in [0.5, 0.6) is 0 Å². The zero-order chi connectivity index (χ0) is 15.3. The lowest BCUT2D eigenvalue weighted by molar-refractivity contribution is -0.141. The molecule has 0 saturated heterocycles. The molecule has 6 nitrogen and oxygen atoms in total. The summed E-state index contributed by atoms with van der Waals surface area (Å²) in [5.74, 6) is -0.804. The smallest absolute Gasteiger partial charge is 0.315 e. The number of carbonyl (C=O) groups excluding carboxylic acids is 1. The van der Waals surface area contributed by atoms with E-state index in [0.717, 1.165) is 24.8 Å². The van der Waals surface area contributed by atoms with Crippen LogP contribution in [0.1, 0.15) is 44.2 Å². The number of carbonyl (C=O) groups is 2. The number of carboxylic acid groups (broad SMARTS) is 1. The number of nitrogens with one attached hydrogen (secondary N) is 2. The first-order valence-corrected chi connectivity index (χ1v) is 7.17. The topological polar surface area (TPSA) is 91.3 Å². The van der Waals surface area contributed by atoms with Gasteiger partial charge in [-0.25, -0.2) is 4.79 Å². The molecule has 2 amide bonds. The first-order chi connectivity index (χ1) is 10.0. The molecule has 1 aromatic heterocycles. The monoisotopic (exact) mass is 291 g/mol. The fraction of sp³-hybridized carbons (Fsp3) is 0.533. The molecule has 1 aromatic rings. The van der Waals surface area contributed by atoms with Crippen molar-refractivity contribution < 1.29 is 14.7 Å². The molecule has 0 spiro atoms. The van der Waals surface area contributed by atoms with Crippen molar-refractivity contribution in [2.24, 2.45) is 5.41 Å². The van der Waals surface area contributed by atoms with Gasteiger partial charge >= 0.3 is 12.0 Å². The largest absolute Gasteiger partial charge is 0.481 e. The highest BCUT2D eigenvalue weighted by Gasteiger charge is 2.39. The lowest BCUT2D eigenvalue weighted by Crippen LogP contribution is -2.47. The zero-order valence-corrected chi connectivity index (χ0v) is 12.1. The van der Waals surface area contributed by atoms with Crippen LogP contribution in [0.25, 0.3) is 0 Å². The van der Waals surface area contributed by atoms with Crippen LogP contribution in [-0.2, 0) is 4.79 Å². The van der Waals surface area contributed by atoms with E-state index in [0.29, 0.717) is 6.54 Å².